The Morgan fingerprint density at radius 3 is 2.71 bits per heavy atom. The summed E-state index contributed by atoms with van der Waals surface area (Å²) in [6.45, 7) is 4.11. The number of aryl methyl sites for hydroxylation is 3. The third kappa shape index (κ3) is 6.22. The van der Waals surface area contributed by atoms with Gasteiger partial charge in [-0.25, -0.2) is 8.93 Å². The minimum absolute atomic E-state index is 0.0344. The van der Waals surface area contributed by atoms with Crippen LogP contribution in [0.2, 0.25) is 0 Å². The quantitative estimate of drug-likeness (QED) is 0.425. The third-order valence-electron chi connectivity index (χ3n) is 7.45. The monoisotopic (exact) mass is 528 g/mol. The highest BCUT2D eigenvalue weighted by atomic mass is 32.2. The second-order valence-electron chi connectivity index (χ2n) is 10.2. The maximum absolute atomic E-state index is 13.6. The van der Waals surface area contributed by atoms with Gasteiger partial charge >= 0.3 is 0 Å². The number of hydrogen-bond acceptors (Lipinski definition) is 4. The van der Waals surface area contributed by atoms with Crippen LogP contribution in [-0.2, 0) is 28.6 Å². The molecule has 1 aliphatic heterocycles. The van der Waals surface area contributed by atoms with E-state index in [-0.39, 0.29) is 11.9 Å². The van der Waals surface area contributed by atoms with Gasteiger partial charge in [-0.2, -0.15) is 0 Å². The number of nitrogens with one attached hydrogen (secondary N) is 1. The van der Waals surface area contributed by atoms with Gasteiger partial charge in [0.2, 0.25) is 5.91 Å². The molecule has 38 heavy (non-hydrogen) atoms. The number of amides is 1. The fourth-order valence-corrected chi connectivity index (χ4v) is 6.38. The number of benzene rings is 3. The predicted molar refractivity (Wildman–Crippen MR) is 155 cm³/mol. The van der Waals surface area contributed by atoms with Crippen molar-refractivity contribution in [1.29, 1.82) is 0 Å². The van der Waals surface area contributed by atoms with Gasteiger partial charge in [-0.1, -0.05) is 48.5 Å². The minimum atomic E-state index is -1.31. The van der Waals surface area contributed by atoms with Crippen molar-refractivity contribution in [2.75, 3.05) is 31.6 Å². The average Bonchev–Trinajstić information content (AvgIpc) is 3.35. The Balaban J connectivity index is 1.40. The topological polar surface area (TPSA) is 65.0 Å². The number of fused-ring (bicyclic) bond motifs is 1. The molecule has 1 amide bonds. The van der Waals surface area contributed by atoms with E-state index < -0.39 is 11.0 Å². The first-order valence-corrected chi connectivity index (χ1v) is 14.6. The largest absolute Gasteiger partial charge is 0.360 e. The summed E-state index contributed by atoms with van der Waals surface area (Å²) in [5.74, 6) is 1.02. The molecule has 2 unspecified atom stereocenters. The molecule has 1 N–H and O–H groups in total. The van der Waals surface area contributed by atoms with Crippen LogP contribution in [0.3, 0.4) is 0 Å². The van der Waals surface area contributed by atoms with Crippen LogP contribution in [0.15, 0.2) is 82.7 Å². The summed E-state index contributed by atoms with van der Waals surface area (Å²) in [5.41, 5.74) is 5.51. The molecular formula is C31H36N4O2S. The second-order valence-corrected chi connectivity index (χ2v) is 11.5. The van der Waals surface area contributed by atoms with Crippen molar-refractivity contribution in [2.45, 2.75) is 50.0 Å². The molecule has 3 aromatic rings. The van der Waals surface area contributed by atoms with Gasteiger partial charge < -0.3 is 9.80 Å². The Kier molecular flexibility index (Phi) is 8.35. The lowest BCUT2D eigenvalue weighted by atomic mass is 9.87. The second kappa shape index (κ2) is 12.0. The highest BCUT2D eigenvalue weighted by molar-refractivity contribution is 7.83. The van der Waals surface area contributed by atoms with Crippen LogP contribution < -0.4 is 9.62 Å². The molecule has 2 atom stereocenters. The van der Waals surface area contributed by atoms with Crippen LogP contribution in [0.5, 0.6) is 0 Å². The molecule has 0 saturated heterocycles. The van der Waals surface area contributed by atoms with Crippen LogP contribution >= 0.6 is 0 Å². The van der Waals surface area contributed by atoms with Gasteiger partial charge in [0.15, 0.2) is 0 Å². The summed E-state index contributed by atoms with van der Waals surface area (Å²) >= 11 is 0. The first kappa shape index (κ1) is 26.3. The van der Waals surface area contributed by atoms with Crippen molar-refractivity contribution in [1.82, 2.24) is 9.62 Å². The van der Waals surface area contributed by atoms with Gasteiger partial charge in [-0.3, -0.25) is 9.79 Å². The predicted octanol–water partition coefficient (Wildman–Crippen LogP) is 4.99. The highest BCUT2D eigenvalue weighted by Gasteiger charge is 2.26. The van der Waals surface area contributed by atoms with E-state index in [1.807, 2.05) is 61.3 Å². The van der Waals surface area contributed by atoms with Gasteiger partial charge in [0.25, 0.3) is 0 Å². The molecule has 0 aromatic heterocycles. The normalized spacial score (nSPS) is 17.6. The molecule has 0 radical (unpaired) electrons. The van der Waals surface area contributed by atoms with E-state index in [9.17, 15) is 9.00 Å². The summed E-state index contributed by atoms with van der Waals surface area (Å²) < 4.78 is 16.6. The number of anilines is 1. The van der Waals surface area contributed by atoms with E-state index >= 15 is 0 Å². The van der Waals surface area contributed by atoms with E-state index in [0.717, 1.165) is 65.5 Å². The Morgan fingerprint density at radius 1 is 1.11 bits per heavy atom. The van der Waals surface area contributed by atoms with Crippen molar-refractivity contribution in [3.63, 3.8) is 0 Å². The van der Waals surface area contributed by atoms with Crippen LogP contribution in [0.1, 0.15) is 47.6 Å². The molecule has 3 aromatic carbocycles. The Labute approximate surface area is 228 Å². The van der Waals surface area contributed by atoms with Gasteiger partial charge in [-0.05, 0) is 79.1 Å². The number of rotatable bonds is 9. The molecule has 1 aliphatic carbocycles. The lowest BCUT2D eigenvalue weighted by Crippen LogP contribution is -2.40. The Bertz CT molecular complexity index is 1340. The zero-order chi connectivity index (χ0) is 26.5. The van der Waals surface area contributed by atoms with E-state index in [0.29, 0.717) is 19.4 Å². The lowest BCUT2D eigenvalue weighted by molar-refractivity contribution is -0.118. The first-order valence-electron chi connectivity index (χ1n) is 13.4. The molecule has 0 spiro atoms. The number of amidine groups is 1. The summed E-state index contributed by atoms with van der Waals surface area (Å²) in [6.07, 6.45) is 4.06. The summed E-state index contributed by atoms with van der Waals surface area (Å²) in [6, 6.07) is 24.3. The maximum Gasteiger partial charge on any atom is 0.227 e. The number of carbonyl (C=O) groups is 1. The summed E-state index contributed by atoms with van der Waals surface area (Å²) in [4.78, 5) is 23.1. The highest BCUT2D eigenvalue weighted by Crippen LogP contribution is 2.34. The molecule has 6 nitrogen and oxygen atoms in total. The zero-order valence-electron chi connectivity index (χ0n) is 22.2. The Hall–Kier alpha value is -3.29. The molecule has 198 valence electrons. The average molecular weight is 529 g/mol. The van der Waals surface area contributed by atoms with Gasteiger partial charge in [0.1, 0.15) is 16.8 Å². The number of nitrogens with zero attached hydrogens (tertiary/aromatic N) is 3. The SMILES string of the molecule is Cc1cccc(S(=O)NC2CCCc3ccc(N(CC4=NCCN4C)C(=O)CCc4ccccc4)cc32)c1. The van der Waals surface area contributed by atoms with Crippen LogP contribution in [0, 0.1) is 6.92 Å². The minimum Gasteiger partial charge on any atom is -0.360 e. The number of likely N-dealkylation sites (N-methyl/N-ethyl adjacent to an activating group) is 1. The Morgan fingerprint density at radius 2 is 1.95 bits per heavy atom. The molecular weight excluding hydrogens is 492 g/mol. The van der Waals surface area contributed by atoms with Crippen molar-refractivity contribution in [3.05, 3.63) is 95.1 Å². The van der Waals surface area contributed by atoms with Crippen LogP contribution in [0.25, 0.3) is 0 Å². The van der Waals surface area contributed by atoms with Crippen molar-refractivity contribution in [2.24, 2.45) is 4.99 Å². The van der Waals surface area contributed by atoms with Gasteiger partial charge in [0.05, 0.1) is 18.0 Å². The van der Waals surface area contributed by atoms with Crippen molar-refractivity contribution >= 4 is 28.4 Å². The van der Waals surface area contributed by atoms with Gasteiger partial charge in [0, 0.05) is 31.7 Å². The molecule has 2 aliphatic rings. The smallest absolute Gasteiger partial charge is 0.227 e. The lowest BCUT2D eigenvalue weighted by Gasteiger charge is -2.30. The fraction of sp³-hybridized carbons (Fsp3) is 0.355. The molecule has 0 bridgehead atoms. The summed E-state index contributed by atoms with van der Waals surface area (Å²) in [5, 5.41) is 0. The van der Waals surface area contributed by atoms with E-state index in [4.69, 9.17) is 0 Å². The standard InChI is InChI=1S/C31H36N4O2S/c1-23-8-6-12-27(20-23)38(37)33-29-13-7-11-25-15-16-26(21-28(25)29)35(22-30-32-18-19-34(30)2)31(36)17-14-24-9-4-3-5-10-24/h3-6,8-10,12,15-16,20-21,29,33H,7,11,13-14,17-19,22H2,1-2H3. The zero-order valence-corrected chi connectivity index (χ0v) is 23.0. The van der Waals surface area contributed by atoms with Crippen molar-refractivity contribution < 1.29 is 9.00 Å². The first-order chi connectivity index (χ1) is 18.5. The summed E-state index contributed by atoms with van der Waals surface area (Å²) in [7, 11) is 0.720. The maximum atomic E-state index is 13.6. The van der Waals surface area contributed by atoms with E-state index in [1.165, 1.54) is 5.56 Å². The number of carbonyl (C=O) groups excluding carboxylic acids is 1. The molecule has 7 heteroatoms. The van der Waals surface area contributed by atoms with Crippen LogP contribution in [0.4, 0.5) is 5.69 Å². The van der Waals surface area contributed by atoms with E-state index in [1.54, 1.807) is 0 Å². The molecule has 5 rings (SSSR count). The van der Waals surface area contributed by atoms with Gasteiger partial charge in [-0.15, -0.1) is 0 Å². The van der Waals surface area contributed by atoms with E-state index in [2.05, 4.69) is 44.9 Å². The molecule has 1 heterocycles. The molecule has 0 fully saturated rings. The van der Waals surface area contributed by atoms with Crippen molar-refractivity contribution in [3.8, 4) is 0 Å². The molecule has 0 saturated carbocycles. The number of aliphatic imine (C=N–C) groups is 1. The fourth-order valence-electron chi connectivity index (χ4n) is 5.25. The number of hydrogen-bond donors (Lipinski definition) is 1. The van der Waals surface area contributed by atoms with Crippen LogP contribution in [-0.4, -0.2) is 47.5 Å². The third-order valence-corrected chi connectivity index (χ3v) is 8.63.